The summed E-state index contributed by atoms with van der Waals surface area (Å²) in [5.74, 6) is -4.57. The highest BCUT2D eigenvalue weighted by molar-refractivity contribution is 6.31. The van der Waals surface area contributed by atoms with Gasteiger partial charge in [0, 0.05) is 54.7 Å². The largest absolute Gasteiger partial charge is 0.503 e. The van der Waals surface area contributed by atoms with Gasteiger partial charge in [0.2, 0.25) is 10.9 Å². The van der Waals surface area contributed by atoms with Gasteiger partial charge >= 0.3 is 0 Å². The molecule has 4 unspecified atom stereocenters. The molecule has 2 fully saturated rings. The molecule has 2 saturated heterocycles. The van der Waals surface area contributed by atoms with E-state index < -0.39 is 51.7 Å². The summed E-state index contributed by atoms with van der Waals surface area (Å²) >= 11 is 11.6. The number of aromatic hydroxyl groups is 2. The van der Waals surface area contributed by atoms with E-state index in [0.717, 1.165) is 6.42 Å². The Hall–Kier alpha value is -5.78. The molecule has 19 heteroatoms. The molecule has 0 bridgehead atoms. The van der Waals surface area contributed by atoms with Crippen molar-refractivity contribution in [2.45, 2.75) is 89.4 Å². The summed E-state index contributed by atoms with van der Waals surface area (Å²) in [6.07, 6.45) is 2.82. The number of hydrogen-bond donors (Lipinski definition) is 4. The molecular formula is C44H43Cl2F2N7O8. The Kier molecular flexibility index (Phi) is 10.7. The highest BCUT2D eigenvalue weighted by atomic mass is 35.5. The van der Waals surface area contributed by atoms with Gasteiger partial charge in [-0.05, 0) is 64.1 Å². The van der Waals surface area contributed by atoms with Gasteiger partial charge in [-0.25, -0.2) is 8.78 Å². The number of pyridine rings is 2. The molecule has 6 aliphatic rings. The van der Waals surface area contributed by atoms with Crippen LogP contribution in [0.15, 0.2) is 46.0 Å². The molecule has 2 aromatic heterocycles. The third-order valence-electron chi connectivity index (χ3n) is 13.5. The van der Waals surface area contributed by atoms with Gasteiger partial charge in [-0.1, -0.05) is 54.4 Å². The Balaban J connectivity index is 0.000000160. The number of hydrogen-bond acceptors (Lipinski definition) is 9. The van der Waals surface area contributed by atoms with E-state index >= 15 is 0 Å². The van der Waals surface area contributed by atoms with Gasteiger partial charge in [0.05, 0.1) is 28.2 Å². The van der Waals surface area contributed by atoms with E-state index in [4.69, 9.17) is 23.2 Å². The Morgan fingerprint density at radius 1 is 0.714 bits per heavy atom. The van der Waals surface area contributed by atoms with Crippen molar-refractivity contribution in [1.82, 2.24) is 34.5 Å². The van der Waals surface area contributed by atoms with Gasteiger partial charge < -0.3 is 39.8 Å². The van der Waals surface area contributed by atoms with E-state index in [0.29, 0.717) is 56.1 Å². The lowest BCUT2D eigenvalue weighted by Crippen LogP contribution is -2.52. The average molecular weight is 907 g/mol. The first-order chi connectivity index (χ1) is 30.0. The minimum atomic E-state index is -0.886. The number of aromatic nitrogens is 2. The summed E-state index contributed by atoms with van der Waals surface area (Å²) in [6.45, 7) is 4.85. The summed E-state index contributed by atoms with van der Waals surface area (Å²) in [4.78, 5) is 83.6. The number of nitrogens with one attached hydrogen (secondary N) is 2. The van der Waals surface area contributed by atoms with E-state index in [1.807, 2.05) is 14.0 Å². The zero-order chi connectivity index (χ0) is 44.9. The molecular weight excluding hydrogens is 863 g/mol. The standard InChI is InChI=1S/C22H22ClFN4O4.C22H21ClFN3O4/c1-10-9-27-21(26(10)2)14-7-6-13-15(18(29)19(30)17(22(27)32)28(13)14)20(31)25-8-11-4-3-5-12(23)16(11)24;1-10-7-15-13-5-6-14-16(21(30)25-8-11-3-2-4-12(23)17(11)24)19(28)20(29)18(27(13)14)22(31)26(15)9-10/h3-5,10,14,21,30H,6-9H2,1-2H3,(H,25,31);2-4,10,13,15,29H,5-9H2,1H3,(H,25,30)/t10-,14?,21?;10-,13?,15?/m01/s1. The fraction of sp³-hybridized carbons (Fsp3) is 0.409. The van der Waals surface area contributed by atoms with Crippen LogP contribution in [0.5, 0.6) is 11.5 Å². The summed E-state index contributed by atoms with van der Waals surface area (Å²) in [5, 5.41) is 26.3. The lowest BCUT2D eigenvalue weighted by Gasteiger charge is -2.40. The first kappa shape index (κ1) is 42.5. The quantitative estimate of drug-likeness (QED) is 0.216. The maximum absolute atomic E-state index is 14.2. The van der Waals surface area contributed by atoms with Crippen molar-refractivity contribution in [2.75, 3.05) is 20.1 Å². The number of amides is 4. The summed E-state index contributed by atoms with van der Waals surface area (Å²) < 4.78 is 31.7. The van der Waals surface area contributed by atoms with E-state index in [1.165, 1.54) is 24.3 Å². The fourth-order valence-electron chi connectivity index (χ4n) is 10.6. The van der Waals surface area contributed by atoms with Crippen LogP contribution in [0.4, 0.5) is 8.78 Å². The molecule has 10 rings (SSSR count). The average Bonchev–Trinajstić information content (AvgIpc) is 4.04. The highest BCUT2D eigenvalue weighted by Gasteiger charge is 2.52. The van der Waals surface area contributed by atoms with Crippen LogP contribution in [0.2, 0.25) is 10.0 Å². The first-order valence-corrected chi connectivity index (χ1v) is 21.5. The van der Waals surface area contributed by atoms with Crippen molar-refractivity contribution < 1.29 is 38.2 Å². The van der Waals surface area contributed by atoms with Crippen LogP contribution >= 0.6 is 23.2 Å². The minimum Gasteiger partial charge on any atom is -0.503 e. The Labute approximate surface area is 368 Å². The SMILES string of the molecule is C[C@@H]1CC2C3CCc4c(C(=O)NCc5cccc(Cl)c5F)c(=O)c(O)c(n43)C(=O)N2C1.C[C@H]1CN2C(=O)c3c(O)c(=O)c(C(=O)NCc4cccc(Cl)c4F)c4n3C(CC4)C2N1C. The molecule has 330 valence electrons. The fourth-order valence-corrected chi connectivity index (χ4v) is 11.0. The number of carbonyl (C=O) groups excluding carboxylic acids is 4. The summed E-state index contributed by atoms with van der Waals surface area (Å²) in [7, 11) is 1.95. The number of likely N-dealkylation sites (N-methyl/N-ethyl adjacent to an activating group) is 1. The molecule has 4 aromatic rings. The molecule has 15 nitrogen and oxygen atoms in total. The van der Waals surface area contributed by atoms with E-state index in [-0.39, 0.29) is 93.0 Å². The second-order valence-electron chi connectivity index (χ2n) is 17.2. The van der Waals surface area contributed by atoms with Crippen molar-refractivity contribution in [1.29, 1.82) is 0 Å². The second kappa shape index (κ2) is 15.8. The molecule has 6 atom stereocenters. The Morgan fingerprint density at radius 2 is 1.19 bits per heavy atom. The summed E-state index contributed by atoms with van der Waals surface area (Å²) in [5.41, 5.74) is -0.970. The van der Waals surface area contributed by atoms with Crippen LogP contribution in [0.1, 0.15) is 109 Å². The van der Waals surface area contributed by atoms with Gasteiger partial charge in [-0.15, -0.1) is 0 Å². The van der Waals surface area contributed by atoms with Crippen molar-refractivity contribution in [3.05, 3.63) is 124 Å². The lowest BCUT2D eigenvalue weighted by atomic mass is 9.98. The molecule has 6 aliphatic heterocycles. The number of fused-ring (bicyclic) bond motifs is 4. The zero-order valence-corrected chi connectivity index (χ0v) is 35.9. The van der Waals surface area contributed by atoms with Gasteiger partial charge in [-0.2, -0.15) is 0 Å². The molecule has 0 saturated carbocycles. The van der Waals surface area contributed by atoms with E-state index in [2.05, 4.69) is 22.5 Å². The third-order valence-corrected chi connectivity index (χ3v) is 14.1. The molecule has 4 amide bonds. The molecule has 0 radical (unpaired) electrons. The predicted octanol–water partition coefficient (Wildman–Crippen LogP) is 4.51. The van der Waals surface area contributed by atoms with Crippen LogP contribution in [-0.2, 0) is 25.9 Å². The van der Waals surface area contributed by atoms with Crippen LogP contribution in [0.3, 0.4) is 0 Å². The molecule has 8 heterocycles. The number of carbonyl (C=O) groups is 4. The number of rotatable bonds is 6. The Morgan fingerprint density at radius 3 is 1.71 bits per heavy atom. The van der Waals surface area contributed by atoms with Crippen molar-refractivity contribution >= 4 is 46.8 Å². The van der Waals surface area contributed by atoms with Crippen LogP contribution < -0.4 is 21.5 Å². The van der Waals surface area contributed by atoms with Gasteiger partial charge in [0.25, 0.3) is 23.6 Å². The smallest absolute Gasteiger partial charge is 0.275 e. The molecule has 4 N–H and O–H groups in total. The number of halogens is 4. The maximum atomic E-state index is 14.2. The molecule has 0 spiro atoms. The van der Waals surface area contributed by atoms with Crippen LogP contribution in [-0.4, -0.2) is 96.1 Å². The van der Waals surface area contributed by atoms with Crippen molar-refractivity contribution in [3.8, 4) is 11.5 Å². The number of nitrogens with zero attached hydrogens (tertiary/aromatic N) is 5. The predicted molar refractivity (Wildman–Crippen MR) is 225 cm³/mol. The van der Waals surface area contributed by atoms with E-state index in [9.17, 15) is 47.8 Å². The zero-order valence-electron chi connectivity index (χ0n) is 34.4. The van der Waals surface area contributed by atoms with Crippen molar-refractivity contribution in [3.63, 3.8) is 0 Å². The number of benzene rings is 2. The maximum Gasteiger partial charge on any atom is 0.275 e. The third kappa shape index (κ3) is 6.60. The minimum absolute atomic E-state index is 0.00498. The van der Waals surface area contributed by atoms with Gasteiger partial charge in [-0.3, -0.25) is 33.7 Å². The normalized spacial score (nSPS) is 23.8. The lowest BCUT2D eigenvalue weighted by molar-refractivity contribution is 0.0427. The molecule has 2 aromatic carbocycles. The molecule has 63 heavy (non-hydrogen) atoms. The van der Waals surface area contributed by atoms with Gasteiger partial charge in [0.15, 0.2) is 22.9 Å². The topological polar surface area (TPSA) is 187 Å². The van der Waals surface area contributed by atoms with Crippen molar-refractivity contribution in [2.24, 2.45) is 5.92 Å². The molecule has 0 aliphatic carbocycles. The van der Waals surface area contributed by atoms with E-state index in [1.54, 1.807) is 31.1 Å². The van der Waals surface area contributed by atoms with Crippen LogP contribution in [0, 0.1) is 17.6 Å². The first-order valence-electron chi connectivity index (χ1n) is 20.8. The summed E-state index contributed by atoms with van der Waals surface area (Å²) in [6, 6.07) is 8.79. The van der Waals surface area contributed by atoms with Crippen LogP contribution in [0.25, 0.3) is 0 Å². The Bertz CT molecular complexity index is 2800. The second-order valence-corrected chi connectivity index (χ2v) is 18.0. The highest BCUT2D eigenvalue weighted by Crippen LogP contribution is 2.46. The van der Waals surface area contributed by atoms with Gasteiger partial charge in [0.1, 0.15) is 28.9 Å². The monoisotopic (exact) mass is 905 g/mol.